The summed E-state index contributed by atoms with van der Waals surface area (Å²) >= 11 is 0. The molecule has 1 aromatic carbocycles. The standard InChI is InChI=1S/C20H37N2.ClH/c1-4-5-6-7-8-12-16-21-17-13-18-22(2,3)19-20-14-10-9-11-15-20;/h9-11,14-15,21H,4-8,12-13,16-19H2,1-3H3;1H/q+1;/p-1. The second-order valence-corrected chi connectivity index (χ2v) is 7.17. The Morgan fingerprint density at radius 1 is 0.826 bits per heavy atom. The first-order chi connectivity index (χ1) is 10.6. The van der Waals surface area contributed by atoms with Crippen molar-refractivity contribution in [2.24, 2.45) is 0 Å². The van der Waals surface area contributed by atoms with Crippen molar-refractivity contribution in [3.63, 3.8) is 0 Å². The molecule has 23 heavy (non-hydrogen) atoms. The predicted molar refractivity (Wildman–Crippen MR) is 98.0 cm³/mol. The number of quaternary nitrogens is 1. The highest BCUT2D eigenvalue weighted by Gasteiger charge is 2.14. The van der Waals surface area contributed by atoms with Gasteiger partial charge in [-0.25, -0.2) is 0 Å². The van der Waals surface area contributed by atoms with E-state index in [1.807, 2.05) is 0 Å². The maximum atomic E-state index is 3.60. The van der Waals surface area contributed by atoms with Crippen LogP contribution in [-0.4, -0.2) is 38.2 Å². The molecule has 0 fully saturated rings. The third-order valence-corrected chi connectivity index (χ3v) is 4.28. The Labute approximate surface area is 150 Å². The fourth-order valence-electron chi connectivity index (χ4n) is 2.94. The molecule has 0 heterocycles. The van der Waals surface area contributed by atoms with Crippen LogP contribution in [0.25, 0.3) is 0 Å². The summed E-state index contributed by atoms with van der Waals surface area (Å²) in [5.74, 6) is 0. The lowest BCUT2D eigenvalue weighted by Crippen LogP contribution is -3.00. The number of unbranched alkanes of at least 4 members (excludes halogenated alkanes) is 5. The Balaban J connectivity index is 0.00000484. The zero-order chi connectivity index (χ0) is 16.1. The lowest BCUT2D eigenvalue weighted by molar-refractivity contribution is -0.903. The Kier molecular flexibility index (Phi) is 13.5. The molecule has 0 saturated carbocycles. The summed E-state index contributed by atoms with van der Waals surface area (Å²) in [5.41, 5.74) is 1.44. The van der Waals surface area contributed by atoms with Gasteiger partial charge < -0.3 is 22.2 Å². The van der Waals surface area contributed by atoms with E-state index in [0.717, 1.165) is 17.6 Å². The van der Waals surface area contributed by atoms with Crippen molar-refractivity contribution in [3.05, 3.63) is 35.9 Å². The molecule has 1 aromatic rings. The van der Waals surface area contributed by atoms with Crippen LogP contribution in [0.5, 0.6) is 0 Å². The van der Waals surface area contributed by atoms with Gasteiger partial charge in [-0.05, 0) is 13.0 Å². The molecule has 0 aromatic heterocycles. The molecular weight excluding hydrogens is 304 g/mol. The van der Waals surface area contributed by atoms with Gasteiger partial charge in [-0.1, -0.05) is 69.4 Å². The van der Waals surface area contributed by atoms with Gasteiger partial charge in [-0.15, -0.1) is 0 Å². The first-order valence-corrected chi connectivity index (χ1v) is 9.21. The van der Waals surface area contributed by atoms with Crippen LogP contribution in [0, 0.1) is 0 Å². The fourth-order valence-corrected chi connectivity index (χ4v) is 2.94. The molecule has 1 rings (SSSR count). The van der Waals surface area contributed by atoms with E-state index in [1.54, 1.807) is 0 Å². The Morgan fingerprint density at radius 2 is 1.43 bits per heavy atom. The molecule has 2 nitrogen and oxygen atoms in total. The molecule has 0 aliphatic carbocycles. The Hall–Kier alpha value is -0.570. The molecule has 3 heteroatoms. The van der Waals surface area contributed by atoms with E-state index >= 15 is 0 Å². The van der Waals surface area contributed by atoms with Gasteiger partial charge in [-0.3, -0.25) is 0 Å². The smallest absolute Gasteiger partial charge is 0.104 e. The molecule has 134 valence electrons. The SMILES string of the molecule is CCCCCCCCNCCC[N+](C)(C)Cc1ccccc1.[Cl-]. The van der Waals surface area contributed by atoms with Crippen LogP contribution in [0.15, 0.2) is 30.3 Å². The van der Waals surface area contributed by atoms with Crippen molar-refractivity contribution >= 4 is 0 Å². The number of nitrogens with one attached hydrogen (secondary N) is 1. The quantitative estimate of drug-likeness (QED) is 0.425. The largest absolute Gasteiger partial charge is 1.00 e. The summed E-state index contributed by atoms with van der Waals surface area (Å²) in [6.45, 7) is 6.99. The minimum absolute atomic E-state index is 0. The highest BCUT2D eigenvalue weighted by Crippen LogP contribution is 2.09. The average Bonchev–Trinajstić information content (AvgIpc) is 2.49. The maximum absolute atomic E-state index is 3.60. The zero-order valence-electron chi connectivity index (χ0n) is 15.5. The van der Waals surface area contributed by atoms with Crippen LogP contribution in [0.1, 0.15) is 57.4 Å². The van der Waals surface area contributed by atoms with Crippen molar-refractivity contribution in [2.45, 2.75) is 58.4 Å². The number of hydrogen-bond donors (Lipinski definition) is 1. The van der Waals surface area contributed by atoms with Crippen LogP contribution >= 0.6 is 0 Å². The van der Waals surface area contributed by atoms with Crippen LogP contribution in [0.2, 0.25) is 0 Å². The molecular formula is C20H37ClN2. The third-order valence-electron chi connectivity index (χ3n) is 4.28. The summed E-state index contributed by atoms with van der Waals surface area (Å²) in [6, 6.07) is 10.8. The van der Waals surface area contributed by atoms with E-state index in [4.69, 9.17) is 0 Å². The summed E-state index contributed by atoms with van der Waals surface area (Å²) in [4.78, 5) is 0. The minimum atomic E-state index is 0. The number of benzene rings is 1. The van der Waals surface area contributed by atoms with Crippen molar-refractivity contribution in [1.29, 1.82) is 0 Å². The fraction of sp³-hybridized carbons (Fsp3) is 0.700. The number of rotatable bonds is 13. The van der Waals surface area contributed by atoms with Crippen molar-refractivity contribution in [1.82, 2.24) is 5.32 Å². The monoisotopic (exact) mass is 340 g/mol. The van der Waals surface area contributed by atoms with E-state index in [1.165, 1.54) is 63.6 Å². The van der Waals surface area contributed by atoms with E-state index in [0.29, 0.717) is 0 Å². The van der Waals surface area contributed by atoms with Gasteiger partial charge in [-0.2, -0.15) is 0 Å². The first kappa shape index (κ1) is 22.4. The van der Waals surface area contributed by atoms with E-state index in [2.05, 4.69) is 56.7 Å². The molecule has 0 atom stereocenters. The lowest BCUT2D eigenvalue weighted by atomic mass is 10.1. The van der Waals surface area contributed by atoms with E-state index in [-0.39, 0.29) is 12.4 Å². The van der Waals surface area contributed by atoms with Crippen LogP contribution in [-0.2, 0) is 6.54 Å². The summed E-state index contributed by atoms with van der Waals surface area (Å²) in [5, 5.41) is 3.60. The zero-order valence-corrected chi connectivity index (χ0v) is 16.2. The molecule has 0 aliphatic rings. The topological polar surface area (TPSA) is 12.0 Å². The van der Waals surface area contributed by atoms with Gasteiger partial charge >= 0.3 is 0 Å². The summed E-state index contributed by atoms with van der Waals surface area (Å²) in [7, 11) is 4.67. The summed E-state index contributed by atoms with van der Waals surface area (Å²) in [6.07, 6.45) is 9.57. The Morgan fingerprint density at radius 3 is 2.13 bits per heavy atom. The second-order valence-electron chi connectivity index (χ2n) is 7.17. The van der Waals surface area contributed by atoms with Crippen LogP contribution in [0.3, 0.4) is 0 Å². The van der Waals surface area contributed by atoms with E-state index in [9.17, 15) is 0 Å². The predicted octanol–water partition coefficient (Wildman–Crippen LogP) is 1.61. The minimum Gasteiger partial charge on any atom is -1.00 e. The van der Waals surface area contributed by atoms with Crippen LogP contribution in [0.4, 0.5) is 0 Å². The van der Waals surface area contributed by atoms with Gasteiger partial charge in [0, 0.05) is 18.5 Å². The number of halogens is 1. The highest BCUT2D eigenvalue weighted by molar-refractivity contribution is 5.13. The average molecular weight is 341 g/mol. The van der Waals surface area contributed by atoms with E-state index < -0.39 is 0 Å². The molecule has 0 aliphatic heterocycles. The van der Waals surface area contributed by atoms with Gasteiger partial charge in [0.15, 0.2) is 0 Å². The maximum Gasteiger partial charge on any atom is 0.104 e. The highest BCUT2D eigenvalue weighted by atomic mass is 35.5. The van der Waals surface area contributed by atoms with Crippen LogP contribution < -0.4 is 17.7 Å². The molecule has 0 unspecified atom stereocenters. The van der Waals surface area contributed by atoms with Crippen molar-refractivity contribution in [3.8, 4) is 0 Å². The Bertz CT molecular complexity index is 365. The second kappa shape index (κ2) is 13.8. The molecule has 0 radical (unpaired) electrons. The van der Waals surface area contributed by atoms with Crippen molar-refractivity contribution in [2.75, 3.05) is 33.7 Å². The first-order valence-electron chi connectivity index (χ1n) is 9.21. The van der Waals surface area contributed by atoms with Crippen molar-refractivity contribution < 1.29 is 16.9 Å². The number of nitrogens with zero attached hydrogens (tertiary/aromatic N) is 1. The summed E-state index contributed by atoms with van der Waals surface area (Å²) < 4.78 is 1.07. The molecule has 1 N–H and O–H groups in total. The van der Waals surface area contributed by atoms with Gasteiger partial charge in [0.05, 0.1) is 20.6 Å². The molecule has 0 bridgehead atoms. The van der Waals surface area contributed by atoms with Gasteiger partial charge in [0.2, 0.25) is 0 Å². The normalized spacial score (nSPS) is 11.3. The van der Waals surface area contributed by atoms with Gasteiger partial charge in [0.25, 0.3) is 0 Å². The van der Waals surface area contributed by atoms with Gasteiger partial charge in [0.1, 0.15) is 6.54 Å². The lowest BCUT2D eigenvalue weighted by Gasteiger charge is -2.30. The molecule has 0 saturated heterocycles. The molecule has 0 spiro atoms. The third kappa shape index (κ3) is 12.5. The molecule has 0 amide bonds. The number of hydrogen-bond acceptors (Lipinski definition) is 1.